The molecule has 0 radical (unpaired) electrons. The molecule has 140 valence electrons. The molecular formula is C18H31N5O2. The van der Waals surface area contributed by atoms with Crippen LogP contribution in [0.15, 0.2) is 4.99 Å². The van der Waals surface area contributed by atoms with Gasteiger partial charge in [0.1, 0.15) is 0 Å². The van der Waals surface area contributed by atoms with Crippen molar-refractivity contribution in [2.75, 3.05) is 33.3 Å². The number of carbonyl (C=O) groups is 1. The Labute approximate surface area is 150 Å². The number of nitrogens with zero attached hydrogens (tertiary/aromatic N) is 4. The molecule has 0 aliphatic carbocycles. The maximum atomic E-state index is 11.8. The van der Waals surface area contributed by atoms with Gasteiger partial charge in [0.15, 0.2) is 5.96 Å². The summed E-state index contributed by atoms with van der Waals surface area (Å²) in [5.74, 6) is 0.865. The van der Waals surface area contributed by atoms with E-state index < -0.39 is 0 Å². The average Bonchev–Trinajstić information content (AvgIpc) is 2.85. The van der Waals surface area contributed by atoms with Gasteiger partial charge < -0.3 is 15.0 Å². The molecule has 0 saturated carbocycles. The lowest BCUT2D eigenvalue weighted by molar-refractivity contribution is -0.149. The van der Waals surface area contributed by atoms with Crippen molar-refractivity contribution >= 4 is 11.9 Å². The highest BCUT2D eigenvalue weighted by Crippen LogP contribution is 2.19. The second-order valence-electron chi connectivity index (χ2n) is 6.51. The molecule has 1 aliphatic heterocycles. The van der Waals surface area contributed by atoms with Gasteiger partial charge in [-0.1, -0.05) is 0 Å². The fourth-order valence-electron chi connectivity index (χ4n) is 3.40. The number of aliphatic imine (C=N–C) groups is 1. The number of aromatic nitrogens is 2. The third-order valence-electron chi connectivity index (χ3n) is 4.94. The number of rotatable bonds is 5. The van der Waals surface area contributed by atoms with Crippen molar-refractivity contribution < 1.29 is 9.53 Å². The maximum absolute atomic E-state index is 11.8. The van der Waals surface area contributed by atoms with Crippen LogP contribution in [0.25, 0.3) is 0 Å². The summed E-state index contributed by atoms with van der Waals surface area (Å²) in [6, 6.07) is 0. The Kier molecular flexibility index (Phi) is 6.84. The predicted octanol–water partition coefficient (Wildman–Crippen LogP) is 1.43. The number of carbonyl (C=O) groups excluding carboxylic acids is 1. The molecule has 7 heteroatoms. The number of likely N-dealkylation sites (tertiary alicyclic amines) is 1. The van der Waals surface area contributed by atoms with Crippen LogP contribution in [0.1, 0.15) is 36.7 Å². The third kappa shape index (κ3) is 4.74. The molecule has 2 heterocycles. The molecule has 7 nitrogen and oxygen atoms in total. The van der Waals surface area contributed by atoms with Gasteiger partial charge >= 0.3 is 5.97 Å². The lowest BCUT2D eigenvalue weighted by atomic mass is 9.97. The summed E-state index contributed by atoms with van der Waals surface area (Å²) in [5, 5.41) is 7.91. The first-order valence-corrected chi connectivity index (χ1v) is 9.09. The van der Waals surface area contributed by atoms with Crippen molar-refractivity contribution in [2.45, 2.75) is 40.0 Å². The molecule has 0 atom stereocenters. The van der Waals surface area contributed by atoms with E-state index in [1.165, 1.54) is 11.3 Å². The van der Waals surface area contributed by atoms with Gasteiger partial charge in [-0.2, -0.15) is 5.10 Å². The van der Waals surface area contributed by atoms with E-state index >= 15 is 0 Å². The van der Waals surface area contributed by atoms with Crippen LogP contribution in [0.4, 0.5) is 0 Å². The van der Waals surface area contributed by atoms with Crippen LogP contribution in [0.2, 0.25) is 0 Å². The molecule has 0 spiro atoms. The number of nitrogens with one attached hydrogen (secondary N) is 1. The Morgan fingerprint density at radius 3 is 2.56 bits per heavy atom. The van der Waals surface area contributed by atoms with E-state index in [1.54, 1.807) is 7.05 Å². The number of hydrogen-bond acceptors (Lipinski definition) is 4. The largest absolute Gasteiger partial charge is 0.466 e. The average molecular weight is 349 g/mol. The first-order chi connectivity index (χ1) is 12.0. The van der Waals surface area contributed by atoms with Gasteiger partial charge in [0.25, 0.3) is 0 Å². The highest BCUT2D eigenvalue weighted by atomic mass is 16.5. The Morgan fingerprint density at radius 1 is 1.36 bits per heavy atom. The quantitative estimate of drug-likeness (QED) is 0.495. The highest BCUT2D eigenvalue weighted by molar-refractivity contribution is 5.80. The molecule has 1 saturated heterocycles. The van der Waals surface area contributed by atoms with E-state index in [0.29, 0.717) is 6.61 Å². The van der Waals surface area contributed by atoms with Crippen molar-refractivity contribution in [1.29, 1.82) is 0 Å². The molecule has 25 heavy (non-hydrogen) atoms. The fourth-order valence-corrected chi connectivity index (χ4v) is 3.40. The van der Waals surface area contributed by atoms with E-state index in [-0.39, 0.29) is 11.9 Å². The minimum Gasteiger partial charge on any atom is -0.466 e. The van der Waals surface area contributed by atoms with Gasteiger partial charge in [-0.3, -0.25) is 14.5 Å². The van der Waals surface area contributed by atoms with E-state index in [0.717, 1.165) is 50.6 Å². The van der Waals surface area contributed by atoms with Crippen molar-refractivity contribution in [1.82, 2.24) is 20.0 Å². The maximum Gasteiger partial charge on any atom is 0.309 e. The Hall–Kier alpha value is -2.05. The monoisotopic (exact) mass is 349 g/mol. The van der Waals surface area contributed by atoms with Crippen LogP contribution in [0, 0.1) is 19.8 Å². The molecule has 1 aromatic heterocycles. The standard InChI is InChI=1S/C18H31N5O2/c1-6-25-17(24)15-8-11-23(12-9-15)18(19-4)20-10-7-16-13(2)21-22(5)14(16)3/h15H,6-12H2,1-5H3,(H,19,20). The number of aryl methyl sites for hydroxylation is 2. The minimum absolute atomic E-state index is 0.0231. The summed E-state index contributed by atoms with van der Waals surface area (Å²) in [4.78, 5) is 18.5. The van der Waals surface area contributed by atoms with Crippen LogP contribution in [-0.2, 0) is 23.0 Å². The zero-order valence-corrected chi connectivity index (χ0v) is 16.1. The molecule has 0 unspecified atom stereocenters. The number of ether oxygens (including phenoxy) is 1. The van der Waals surface area contributed by atoms with Gasteiger partial charge in [0, 0.05) is 39.4 Å². The summed E-state index contributed by atoms with van der Waals surface area (Å²) in [6.45, 7) is 8.93. The molecule has 1 aromatic rings. The first kappa shape index (κ1) is 19.3. The fraction of sp³-hybridized carbons (Fsp3) is 0.722. The molecular weight excluding hydrogens is 318 g/mol. The van der Waals surface area contributed by atoms with Gasteiger partial charge in [-0.25, -0.2) is 0 Å². The lowest BCUT2D eigenvalue weighted by Crippen LogP contribution is -2.47. The number of piperidine rings is 1. The zero-order chi connectivity index (χ0) is 18.4. The normalized spacial score (nSPS) is 16.2. The molecule has 1 fully saturated rings. The summed E-state index contributed by atoms with van der Waals surface area (Å²) < 4.78 is 7.06. The third-order valence-corrected chi connectivity index (χ3v) is 4.94. The van der Waals surface area contributed by atoms with Crippen LogP contribution in [0.5, 0.6) is 0 Å². The van der Waals surface area contributed by atoms with Gasteiger partial charge in [-0.15, -0.1) is 0 Å². The van der Waals surface area contributed by atoms with Crippen molar-refractivity contribution in [3.8, 4) is 0 Å². The van der Waals surface area contributed by atoms with Gasteiger partial charge in [0.05, 0.1) is 18.2 Å². The number of esters is 1. The summed E-state index contributed by atoms with van der Waals surface area (Å²) in [6.07, 6.45) is 2.56. The molecule has 2 rings (SSSR count). The first-order valence-electron chi connectivity index (χ1n) is 9.09. The van der Waals surface area contributed by atoms with Crippen LogP contribution >= 0.6 is 0 Å². The van der Waals surface area contributed by atoms with Crippen LogP contribution < -0.4 is 5.32 Å². The van der Waals surface area contributed by atoms with Crippen molar-refractivity contribution in [2.24, 2.45) is 18.0 Å². The minimum atomic E-state index is -0.0624. The van der Waals surface area contributed by atoms with Crippen LogP contribution in [0.3, 0.4) is 0 Å². The Bertz CT molecular complexity index is 615. The molecule has 1 aliphatic rings. The molecule has 1 N–H and O–H groups in total. The lowest BCUT2D eigenvalue weighted by Gasteiger charge is -2.33. The number of guanidine groups is 1. The van der Waals surface area contributed by atoms with Crippen molar-refractivity contribution in [3.05, 3.63) is 17.0 Å². The topological polar surface area (TPSA) is 71.8 Å². The highest BCUT2D eigenvalue weighted by Gasteiger charge is 2.27. The Morgan fingerprint density at radius 2 is 2.04 bits per heavy atom. The smallest absolute Gasteiger partial charge is 0.309 e. The second kappa shape index (κ2) is 8.87. The summed E-state index contributed by atoms with van der Waals surface area (Å²) in [7, 11) is 3.78. The van der Waals surface area contributed by atoms with E-state index in [1.807, 2.05) is 18.7 Å². The van der Waals surface area contributed by atoms with Crippen molar-refractivity contribution in [3.63, 3.8) is 0 Å². The second-order valence-corrected chi connectivity index (χ2v) is 6.51. The predicted molar refractivity (Wildman–Crippen MR) is 98.7 cm³/mol. The van der Waals surface area contributed by atoms with E-state index in [9.17, 15) is 4.79 Å². The summed E-state index contributed by atoms with van der Waals surface area (Å²) in [5.41, 5.74) is 3.60. The summed E-state index contributed by atoms with van der Waals surface area (Å²) >= 11 is 0. The number of hydrogen-bond donors (Lipinski definition) is 1. The molecule has 0 aromatic carbocycles. The Balaban J connectivity index is 1.82. The zero-order valence-electron chi connectivity index (χ0n) is 16.1. The molecule has 0 bridgehead atoms. The van der Waals surface area contributed by atoms with Gasteiger partial charge in [-0.05, 0) is 45.6 Å². The van der Waals surface area contributed by atoms with Gasteiger partial charge in [0.2, 0.25) is 0 Å². The SMILES string of the molecule is CCOC(=O)C1CCN(C(=NC)NCCc2c(C)nn(C)c2C)CC1. The van der Waals surface area contributed by atoms with E-state index in [2.05, 4.69) is 34.2 Å². The molecule has 0 amide bonds. The van der Waals surface area contributed by atoms with E-state index in [4.69, 9.17) is 4.74 Å². The van der Waals surface area contributed by atoms with Crippen LogP contribution in [-0.4, -0.2) is 59.9 Å².